The Morgan fingerprint density at radius 1 is 1.25 bits per heavy atom. The van der Waals surface area contributed by atoms with Gasteiger partial charge in [0.25, 0.3) is 0 Å². The Bertz CT molecular complexity index is 652. The summed E-state index contributed by atoms with van der Waals surface area (Å²) in [5.41, 5.74) is 1.56. The quantitative estimate of drug-likeness (QED) is 0.783. The van der Waals surface area contributed by atoms with E-state index in [9.17, 15) is 13.2 Å². The number of sulfonamides is 1. The van der Waals surface area contributed by atoms with E-state index in [2.05, 4.69) is 5.32 Å². The number of rotatable bonds is 7. The van der Waals surface area contributed by atoms with Crippen LogP contribution in [0, 0.1) is 0 Å². The van der Waals surface area contributed by atoms with Gasteiger partial charge in [-0.1, -0.05) is 0 Å². The third kappa shape index (κ3) is 4.85. The zero-order valence-electron chi connectivity index (χ0n) is 14.4. The Hall–Kier alpha value is -1.80. The summed E-state index contributed by atoms with van der Waals surface area (Å²) in [4.78, 5) is 13.9. The van der Waals surface area contributed by atoms with Crippen molar-refractivity contribution in [1.29, 1.82) is 0 Å². The van der Waals surface area contributed by atoms with Gasteiger partial charge in [0.1, 0.15) is 6.10 Å². The molecule has 1 saturated heterocycles. The van der Waals surface area contributed by atoms with Crippen molar-refractivity contribution in [3.05, 3.63) is 24.3 Å². The van der Waals surface area contributed by atoms with E-state index < -0.39 is 16.1 Å². The lowest BCUT2D eigenvalue weighted by atomic mass is 10.2. The molecule has 1 aliphatic rings. The fourth-order valence-corrected chi connectivity index (χ4v) is 3.51. The SMILES string of the molecule is CN(C)c1ccc(N(CCNC(=O)C2CCCO2)S(C)(=O)=O)cc1. The summed E-state index contributed by atoms with van der Waals surface area (Å²) in [7, 11) is 0.410. The maximum absolute atomic E-state index is 12.1. The molecule has 1 N–H and O–H groups in total. The summed E-state index contributed by atoms with van der Waals surface area (Å²) in [6.45, 7) is 1.02. The number of hydrogen-bond acceptors (Lipinski definition) is 5. The van der Waals surface area contributed by atoms with E-state index in [-0.39, 0.29) is 19.0 Å². The lowest BCUT2D eigenvalue weighted by Crippen LogP contribution is -2.41. The van der Waals surface area contributed by atoms with Gasteiger partial charge in [-0.25, -0.2) is 8.42 Å². The maximum atomic E-state index is 12.1. The standard InChI is InChI=1S/C16H25N3O4S/c1-18(2)13-6-8-14(9-7-13)19(24(3,21)22)11-10-17-16(20)15-5-4-12-23-15/h6-9,15H,4-5,10-12H2,1-3H3,(H,17,20). The Morgan fingerprint density at radius 2 is 1.88 bits per heavy atom. The molecule has 8 heteroatoms. The van der Waals surface area contributed by atoms with Crippen LogP contribution in [-0.4, -0.2) is 60.5 Å². The zero-order valence-corrected chi connectivity index (χ0v) is 15.2. The van der Waals surface area contributed by atoms with Crippen LogP contribution in [0.25, 0.3) is 0 Å². The number of benzene rings is 1. The highest BCUT2D eigenvalue weighted by molar-refractivity contribution is 7.92. The van der Waals surface area contributed by atoms with E-state index in [4.69, 9.17) is 4.74 Å². The molecule has 1 aromatic rings. The fourth-order valence-electron chi connectivity index (χ4n) is 2.58. The van der Waals surface area contributed by atoms with Crippen molar-refractivity contribution in [3.63, 3.8) is 0 Å². The molecular formula is C16H25N3O4S. The molecule has 0 bridgehead atoms. The molecule has 1 atom stereocenters. The maximum Gasteiger partial charge on any atom is 0.249 e. The largest absolute Gasteiger partial charge is 0.378 e. The van der Waals surface area contributed by atoms with E-state index in [0.717, 1.165) is 18.4 Å². The van der Waals surface area contributed by atoms with E-state index in [1.807, 2.05) is 31.1 Å². The van der Waals surface area contributed by atoms with Gasteiger partial charge in [0.2, 0.25) is 15.9 Å². The topological polar surface area (TPSA) is 79.0 Å². The van der Waals surface area contributed by atoms with Crippen LogP contribution < -0.4 is 14.5 Å². The number of hydrogen-bond donors (Lipinski definition) is 1. The molecule has 134 valence electrons. The van der Waals surface area contributed by atoms with Gasteiger partial charge < -0.3 is 15.0 Å². The lowest BCUT2D eigenvalue weighted by molar-refractivity contribution is -0.129. The van der Waals surface area contributed by atoms with Crippen LogP contribution in [0.3, 0.4) is 0 Å². The average molecular weight is 355 g/mol. The summed E-state index contributed by atoms with van der Waals surface area (Å²) in [6.07, 6.45) is 2.35. The van der Waals surface area contributed by atoms with Gasteiger partial charge in [-0.15, -0.1) is 0 Å². The first-order chi connectivity index (χ1) is 11.3. The van der Waals surface area contributed by atoms with Crippen molar-refractivity contribution >= 4 is 27.3 Å². The van der Waals surface area contributed by atoms with Gasteiger partial charge in [-0.05, 0) is 37.1 Å². The first-order valence-electron chi connectivity index (χ1n) is 7.93. The number of amides is 1. The normalized spacial score (nSPS) is 17.5. The number of ether oxygens (including phenoxy) is 1. The van der Waals surface area contributed by atoms with Crippen LogP contribution in [0.4, 0.5) is 11.4 Å². The Balaban J connectivity index is 1.99. The zero-order chi connectivity index (χ0) is 17.7. The van der Waals surface area contributed by atoms with Crippen LogP contribution in [0.1, 0.15) is 12.8 Å². The molecule has 0 aliphatic carbocycles. The number of carbonyl (C=O) groups is 1. The first kappa shape index (κ1) is 18.5. The van der Waals surface area contributed by atoms with Gasteiger partial charge in [0, 0.05) is 32.9 Å². The monoisotopic (exact) mass is 355 g/mol. The summed E-state index contributed by atoms with van der Waals surface area (Å²) >= 11 is 0. The van der Waals surface area contributed by atoms with Crippen molar-refractivity contribution in [2.75, 3.05) is 49.3 Å². The van der Waals surface area contributed by atoms with Crippen molar-refractivity contribution in [2.45, 2.75) is 18.9 Å². The number of nitrogens with one attached hydrogen (secondary N) is 1. The second-order valence-electron chi connectivity index (χ2n) is 6.04. The van der Waals surface area contributed by atoms with Crippen molar-refractivity contribution < 1.29 is 17.9 Å². The van der Waals surface area contributed by atoms with Gasteiger partial charge in [-0.3, -0.25) is 9.10 Å². The molecule has 7 nitrogen and oxygen atoms in total. The van der Waals surface area contributed by atoms with Crippen molar-refractivity contribution in [1.82, 2.24) is 5.32 Å². The minimum absolute atomic E-state index is 0.177. The van der Waals surface area contributed by atoms with E-state index >= 15 is 0 Å². The Labute approximate surface area is 143 Å². The second-order valence-corrected chi connectivity index (χ2v) is 7.95. The number of carbonyl (C=O) groups excluding carboxylic acids is 1. The summed E-state index contributed by atoms with van der Waals surface area (Å²) in [5, 5.41) is 2.75. The highest BCUT2D eigenvalue weighted by atomic mass is 32.2. The summed E-state index contributed by atoms with van der Waals surface area (Å²) < 4.78 is 30.7. The first-order valence-corrected chi connectivity index (χ1v) is 9.78. The molecule has 2 rings (SSSR count). The van der Waals surface area contributed by atoms with Crippen LogP contribution in [-0.2, 0) is 19.6 Å². The van der Waals surface area contributed by atoms with Crippen LogP contribution in [0.5, 0.6) is 0 Å². The smallest absolute Gasteiger partial charge is 0.249 e. The van der Waals surface area contributed by atoms with Crippen LogP contribution in [0.2, 0.25) is 0 Å². The van der Waals surface area contributed by atoms with Gasteiger partial charge >= 0.3 is 0 Å². The van der Waals surface area contributed by atoms with E-state index in [0.29, 0.717) is 18.7 Å². The molecule has 1 aliphatic heterocycles. The Kier molecular flexibility index (Phi) is 6.06. The molecular weight excluding hydrogens is 330 g/mol. The minimum Gasteiger partial charge on any atom is -0.378 e. The second kappa shape index (κ2) is 7.85. The predicted molar refractivity (Wildman–Crippen MR) is 94.9 cm³/mol. The van der Waals surface area contributed by atoms with Gasteiger partial charge in [0.15, 0.2) is 0 Å². The molecule has 0 saturated carbocycles. The van der Waals surface area contributed by atoms with Gasteiger partial charge in [-0.2, -0.15) is 0 Å². The summed E-state index contributed by atoms with van der Waals surface area (Å²) in [6, 6.07) is 7.24. The number of nitrogens with zero attached hydrogens (tertiary/aromatic N) is 2. The highest BCUT2D eigenvalue weighted by Crippen LogP contribution is 2.21. The van der Waals surface area contributed by atoms with Crippen molar-refractivity contribution in [3.8, 4) is 0 Å². The summed E-state index contributed by atoms with van der Waals surface area (Å²) in [5.74, 6) is -0.177. The minimum atomic E-state index is -3.43. The molecule has 0 radical (unpaired) electrons. The fraction of sp³-hybridized carbons (Fsp3) is 0.562. The molecule has 0 aromatic heterocycles. The lowest BCUT2D eigenvalue weighted by Gasteiger charge is -2.23. The van der Waals surface area contributed by atoms with Crippen LogP contribution >= 0.6 is 0 Å². The Morgan fingerprint density at radius 3 is 2.38 bits per heavy atom. The molecule has 1 fully saturated rings. The molecule has 1 aromatic carbocycles. The molecule has 1 unspecified atom stereocenters. The van der Waals surface area contributed by atoms with E-state index in [1.54, 1.807) is 12.1 Å². The molecule has 24 heavy (non-hydrogen) atoms. The molecule has 0 spiro atoms. The third-order valence-corrected chi connectivity index (χ3v) is 5.08. The number of anilines is 2. The van der Waals surface area contributed by atoms with E-state index in [1.165, 1.54) is 4.31 Å². The highest BCUT2D eigenvalue weighted by Gasteiger charge is 2.24. The van der Waals surface area contributed by atoms with Crippen molar-refractivity contribution in [2.24, 2.45) is 0 Å². The average Bonchev–Trinajstić information content (AvgIpc) is 3.04. The predicted octanol–water partition coefficient (Wildman–Crippen LogP) is 0.814. The molecule has 1 heterocycles. The molecule has 1 amide bonds. The third-order valence-electron chi connectivity index (χ3n) is 3.89. The van der Waals surface area contributed by atoms with Gasteiger partial charge in [0.05, 0.1) is 18.5 Å². The van der Waals surface area contributed by atoms with Crippen LogP contribution in [0.15, 0.2) is 24.3 Å².